The molecule has 2 aliphatic carbocycles. The van der Waals surface area contributed by atoms with E-state index in [9.17, 15) is 31.5 Å². The van der Waals surface area contributed by atoms with Crippen LogP contribution in [-0.2, 0) is 29.9 Å². The first-order chi connectivity index (χ1) is 29.4. The quantitative estimate of drug-likeness (QED) is 0.132. The SMILES string of the molecule is Cc1ccc(N2CCN(c3nc4nc([C@H](Cc5cc(F)cc(F)c5)NC(=O)Cn5nc(C(F)(F)F)c6c5C(F)(F)[C@@H]5CC[C@H]65)c(-c5ccc(C)c(C(N)=O)c5)cc4s3)CC2)cc1. The Bertz CT molecular complexity index is 2720. The molecule has 3 aromatic carbocycles. The van der Waals surface area contributed by atoms with E-state index in [0.29, 0.717) is 50.4 Å². The van der Waals surface area contributed by atoms with E-state index in [4.69, 9.17) is 15.7 Å². The molecule has 3 N–H and O–H groups in total. The molecular weight excluding hydrogens is 838 g/mol. The van der Waals surface area contributed by atoms with Crippen molar-refractivity contribution in [1.29, 1.82) is 0 Å². The molecule has 3 aromatic heterocycles. The third kappa shape index (κ3) is 7.51. The van der Waals surface area contributed by atoms with Gasteiger partial charge in [0.15, 0.2) is 16.5 Å². The highest BCUT2D eigenvalue weighted by Gasteiger charge is 2.63. The highest BCUT2D eigenvalue weighted by Crippen LogP contribution is 2.64. The molecule has 9 rings (SSSR count). The predicted octanol–water partition coefficient (Wildman–Crippen LogP) is 8.59. The van der Waals surface area contributed by atoms with Gasteiger partial charge in [-0.25, -0.2) is 13.8 Å². The summed E-state index contributed by atoms with van der Waals surface area (Å²) in [7, 11) is 0. The molecule has 322 valence electrons. The number of alkyl halides is 5. The molecule has 4 heterocycles. The topological polar surface area (TPSA) is 122 Å². The van der Waals surface area contributed by atoms with Crippen molar-refractivity contribution in [1.82, 2.24) is 25.1 Å². The van der Waals surface area contributed by atoms with Gasteiger partial charge in [-0.15, -0.1) is 0 Å². The highest BCUT2D eigenvalue weighted by atomic mass is 32.1. The molecule has 6 aromatic rings. The van der Waals surface area contributed by atoms with Crippen LogP contribution in [0.4, 0.5) is 41.6 Å². The molecule has 3 aliphatic rings. The number of carbonyl (C=O) groups is 2. The van der Waals surface area contributed by atoms with Gasteiger partial charge in [-0.05, 0) is 92.1 Å². The van der Waals surface area contributed by atoms with Crippen molar-refractivity contribution < 1.29 is 40.3 Å². The lowest BCUT2D eigenvalue weighted by molar-refractivity contribution is -0.144. The van der Waals surface area contributed by atoms with E-state index < -0.39 is 76.9 Å². The third-order valence-corrected chi connectivity index (χ3v) is 13.2. The summed E-state index contributed by atoms with van der Waals surface area (Å²) >= 11 is 1.37. The average molecular weight is 877 g/mol. The van der Waals surface area contributed by atoms with Crippen LogP contribution in [0.25, 0.3) is 21.5 Å². The molecular formula is C44H39F7N8O2S. The third-order valence-electron chi connectivity index (χ3n) is 12.2. The number of primary amides is 1. The van der Waals surface area contributed by atoms with Crippen LogP contribution in [-0.4, -0.2) is 57.7 Å². The van der Waals surface area contributed by atoms with Crippen molar-refractivity contribution in [3.05, 3.63) is 123 Å². The Morgan fingerprint density at radius 2 is 1.61 bits per heavy atom. The molecule has 0 radical (unpaired) electrons. The number of pyridine rings is 1. The van der Waals surface area contributed by atoms with Crippen LogP contribution in [0.5, 0.6) is 0 Å². The number of fused-ring (bicyclic) bond motifs is 4. The summed E-state index contributed by atoms with van der Waals surface area (Å²) in [6.07, 6.45) is -5.19. The van der Waals surface area contributed by atoms with E-state index in [-0.39, 0.29) is 41.7 Å². The number of rotatable bonds is 10. The lowest BCUT2D eigenvalue weighted by Gasteiger charge is -2.36. The number of aryl methyl sites for hydroxylation is 2. The van der Waals surface area contributed by atoms with Gasteiger partial charge in [0.2, 0.25) is 11.8 Å². The van der Waals surface area contributed by atoms with E-state index in [1.807, 2.05) is 6.92 Å². The first-order valence-corrected chi connectivity index (χ1v) is 20.9. The summed E-state index contributed by atoms with van der Waals surface area (Å²) < 4.78 is 104. The molecule has 1 aliphatic heterocycles. The number of thiazole rings is 1. The molecule has 62 heavy (non-hydrogen) atoms. The second-order valence-electron chi connectivity index (χ2n) is 16.2. The predicted molar refractivity (Wildman–Crippen MR) is 219 cm³/mol. The van der Waals surface area contributed by atoms with Crippen LogP contribution in [0.15, 0.2) is 66.7 Å². The number of amides is 2. The van der Waals surface area contributed by atoms with Crippen molar-refractivity contribution in [3.8, 4) is 11.1 Å². The Hall–Kier alpha value is -6.04. The van der Waals surface area contributed by atoms with Gasteiger partial charge in [0.05, 0.1) is 16.4 Å². The average Bonchev–Trinajstić information content (AvgIpc) is 3.82. The van der Waals surface area contributed by atoms with Gasteiger partial charge in [-0.2, -0.15) is 32.0 Å². The van der Waals surface area contributed by atoms with Gasteiger partial charge in [-0.3, -0.25) is 14.3 Å². The highest BCUT2D eigenvalue weighted by molar-refractivity contribution is 7.22. The van der Waals surface area contributed by atoms with Crippen molar-refractivity contribution in [2.24, 2.45) is 11.7 Å². The number of hydrogen-bond donors (Lipinski definition) is 2. The Kier molecular flexibility index (Phi) is 10.3. The van der Waals surface area contributed by atoms with Crippen molar-refractivity contribution in [3.63, 3.8) is 0 Å². The van der Waals surface area contributed by atoms with E-state index in [1.54, 1.807) is 31.2 Å². The van der Waals surface area contributed by atoms with Crippen LogP contribution in [0.3, 0.4) is 0 Å². The van der Waals surface area contributed by atoms with Crippen LogP contribution >= 0.6 is 11.3 Å². The fourth-order valence-corrected chi connectivity index (χ4v) is 9.98. The largest absolute Gasteiger partial charge is 0.435 e. The summed E-state index contributed by atoms with van der Waals surface area (Å²) in [5.41, 5.74) is 7.09. The molecule has 2 amide bonds. The zero-order valence-corrected chi connectivity index (χ0v) is 34.2. The lowest BCUT2D eigenvalue weighted by Crippen LogP contribution is -2.46. The van der Waals surface area contributed by atoms with Gasteiger partial charge in [0, 0.05) is 60.5 Å². The standard InChI is InChI=1S/C44H39F7N8O2S/c1-22-3-7-28(8-4-22)57-11-13-58(14-12-57)42-55-41-34(62-42)20-31(25-6-5-23(2)30(18-25)40(52)61)37(54-41)33(17-24-15-26(45)19-27(46)16-24)53-35(60)21-59-39-36(38(56-59)44(49,50)51)29-9-10-32(29)43(39,47)48/h3-8,15-16,18-20,29,32-33H,9-14,17,21H2,1-2H3,(H2,52,61)(H,53,60)/t29-,32+,33-/m0/s1. The smallest absolute Gasteiger partial charge is 0.368 e. The first kappa shape index (κ1) is 41.3. The van der Waals surface area contributed by atoms with E-state index in [1.165, 1.54) is 11.3 Å². The second-order valence-corrected chi connectivity index (χ2v) is 17.2. The zero-order valence-electron chi connectivity index (χ0n) is 33.4. The maximum absolute atomic E-state index is 15.7. The summed E-state index contributed by atoms with van der Waals surface area (Å²) in [4.78, 5) is 40.8. The molecule has 0 unspecified atom stereocenters. The molecule has 1 saturated heterocycles. The minimum Gasteiger partial charge on any atom is -0.368 e. The van der Waals surface area contributed by atoms with Crippen LogP contribution in [0, 0.1) is 31.4 Å². The summed E-state index contributed by atoms with van der Waals surface area (Å²) in [6.45, 7) is 5.43. The van der Waals surface area contributed by atoms with Crippen molar-refractivity contribution in [2.45, 2.75) is 63.7 Å². The number of aromatic nitrogens is 4. The Morgan fingerprint density at radius 1 is 0.919 bits per heavy atom. The van der Waals surface area contributed by atoms with Crippen LogP contribution in [0.1, 0.15) is 74.5 Å². The maximum atomic E-state index is 15.7. The van der Waals surface area contributed by atoms with E-state index >= 15 is 8.78 Å². The van der Waals surface area contributed by atoms with Crippen molar-refractivity contribution >= 4 is 44.3 Å². The summed E-state index contributed by atoms with van der Waals surface area (Å²) in [5.74, 6) is -9.57. The molecule has 0 bridgehead atoms. The van der Waals surface area contributed by atoms with Gasteiger partial charge < -0.3 is 20.9 Å². The number of benzene rings is 3. The van der Waals surface area contributed by atoms with Crippen molar-refractivity contribution in [2.75, 3.05) is 36.0 Å². The van der Waals surface area contributed by atoms with E-state index in [2.05, 4.69) is 44.5 Å². The molecule has 10 nitrogen and oxygen atoms in total. The Labute approximate surface area is 354 Å². The van der Waals surface area contributed by atoms with Gasteiger partial charge in [0.25, 0.3) is 5.92 Å². The summed E-state index contributed by atoms with van der Waals surface area (Å²) in [6, 6.07) is 16.5. The lowest BCUT2D eigenvalue weighted by atomic mass is 9.73. The monoisotopic (exact) mass is 876 g/mol. The number of nitrogens with one attached hydrogen (secondary N) is 1. The minimum atomic E-state index is -5.05. The number of hydrogen-bond acceptors (Lipinski definition) is 8. The molecule has 3 atom stereocenters. The fraction of sp³-hybridized carbons (Fsp3) is 0.341. The molecule has 18 heteroatoms. The summed E-state index contributed by atoms with van der Waals surface area (Å²) in [5, 5.41) is 6.92. The first-order valence-electron chi connectivity index (χ1n) is 20.0. The number of halogens is 7. The second kappa shape index (κ2) is 15.4. The van der Waals surface area contributed by atoms with E-state index in [0.717, 1.165) is 36.5 Å². The fourth-order valence-electron chi connectivity index (χ4n) is 8.98. The number of anilines is 2. The van der Waals surface area contributed by atoms with Gasteiger partial charge in [-0.1, -0.05) is 41.2 Å². The number of piperazine rings is 1. The molecule has 2 fully saturated rings. The minimum absolute atomic E-state index is 0.0253. The maximum Gasteiger partial charge on any atom is 0.435 e. The van der Waals surface area contributed by atoms with Crippen LogP contribution in [0.2, 0.25) is 0 Å². The Morgan fingerprint density at radius 3 is 2.26 bits per heavy atom. The number of carbonyl (C=O) groups excluding carboxylic acids is 2. The molecule has 1 saturated carbocycles. The Balaban J connectivity index is 1.11. The number of nitrogens with zero attached hydrogens (tertiary/aromatic N) is 6. The number of nitrogens with two attached hydrogens (primary N) is 1. The van der Waals surface area contributed by atoms with Crippen LogP contribution < -0.4 is 20.9 Å². The molecule has 0 spiro atoms. The van der Waals surface area contributed by atoms with Gasteiger partial charge >= 0.3 is 6.18 Å². The van der Waals surface area contributed by atoms with Gasteiger partial charge in [0.1, 0.15) is 23.9 Å². The zero-order chi connectivity index (χ0) is 43.8. The normalized spacial score (nSPS) is 18.7.